The molecular formula is C18H17N5O3. The Bertz CT molecular complexity index is 995. The maximum absolute atomic E-state index is 11.8. The molecule has 1 aromatic heterocycles. The van der Waals surface area contributed by atoms with Crippen molar-refractivity contribution < 1.29 is 14.6 Å². The number of hydrogen-bond acceptors (Lipinski definition) is 6. The maximum Gasteiger partial charge on any atom is 0.287 e. The monoisotopic (exact) mass is 351 g/mol. The number of amides is 1. The number of carbonyl (C=O) groups excluding carboxylic acids is 1. The number of primary amides is 1. The topological polar surface area (TPSA) is 115 Å². The molecule has 0 saturated carbocycles. The standard InChI is InChI=1S/C18H17N5O3/c1-26-11-4-2-10(3-5-11)23-17(21-22-18(23)16(19)25)13-6-7-14-12(15(13)24)8-9-20-14/h2-7,20,24H,8-9H2,1H3,(H2,19,25). The number of fused-ring (bicyclic) bond motifs is 1. The number of phenolic OH excluding ortho intramolecular Hbond substituents is 1. The minimum atomic E-state index is -0.707. The molecule has 0 atom stereocenters. The summed E-state index contributed by atoms with van der Waals surface area (Å²) < 4.78 is 6.70. The van der Waals surface area contributed by atoms with Crippen molar-refractivity contribution in [2.75, 3.05) is 19.0 Å². The molecule has 132 valence electrons. The largest absolute Gasteiger partial charge is 0.507 e. The molecule has 4 rings (SSSR count). The molecule has 3 aromatic rings. The van der Waals surface area contributed by atoms with E-state index >= 15 is 0 Å². The minimum Gasteiger partial charge on any atom is -0.507 e. The molecular weight excluding hydrogens is 334 g/mol. The summed E-state index contributed by atoms with van der Waals surface area (Å²) in [6.45, 7) is 0.768. The molecule has 8 heteroatoms. The first-order valence-corrected chi connectivity index (χ1v) is 8.09. The zero-order valence-corrected chi connectivity index (χ0v) is 14.1. The van der Waals surface area contributed by atoms with Crippen molar-refractivity contribution in [3.05, 3.63) is 47.8 Å². The van der Waals surface area contributed by atoms with Gasteiger partial charge in [0, 0.05) is 23.5 Å². The summed E-state index contributed by atoms with van der Waals surface area (Å²) in [5.74, 6) is 0.433. The summed E-state index contributed by atoms with van der Waals surface area (Å²) in [5.41, 5.74) is 8.32. The van der Waals surface area contributed by atoms with Crippen LogP contribution in [0.5, 0.6) is 11.5 Å². The van der Waals surface area contributed by atoms with Crippen molar-refractivity contribution in [1.82, 2.24) is 14.8 Å². The van der Waals surface area contributed by atoms with E-state index in [1.54, 1.807) is 37.4 Å². The van der Waals surface area contributed by atoms with Crippen molar-refractivity contribution in [3.63, 3.8) is 0 Å². The number of aromatic nitrogens is 3. The Morgan fingerprint density at radius 3 is 2.69 bits per heavy atom. The Labute approximate surface area is 149 Å². The van der Waals surface area contributed by atoms with Gasteiger partial charge in [0.25, 0.3) is 5.91 Å². The lowest BCUT2D eigenvalue weighted by atomic mass is 10.1. The van der Waals surface area contributed by atoms with Gasteiger partial charge in [-0.05, 0) is 42.8 Å². The molecule has 0 saturated heterocycles. The Morgan fingerprint density at radius 2 is 2.00 bits per heavy atom. The number of nitrogens with two attached hydrogens (primary N) is 1. The number of aromatic hydroxyl groups is 1. The molecule has 0 bridgehead atoms. The molecule has 26 heavy (non-hydrogen) atoms. The van der Waals surface area contributed by atoms with Crippen LogP contribution in [0.3, 0.4) is 0 Å². The predicted molar refractivity (Wildman–Crippen MR) is 95.7 cm³/mol. The number of phenols is 1. The molecule has 1 aliphatic heterocycles. The zero-order valence-electron chi connectivity index (χ0n) is 14.1. The SMILES string of the molecule is COc1ccc(-n2c(C(N)=O)nnc2-c2ccc3c(c2O)CCN3)cc1. The molecule has 0 fully saturated rings. The number of benzene rings is 2. The molecule has 1 aliphatic rings. The first-order chi connectivity index (χ1) is 12.6. The number of hydrogen-bond donors (Lipinski definition) is 3. The average molecular weight is 351 g/mol. The second kappa shape index (κ2) is 6.07. The normalized spacial score (nSPS) is 12.5. The van der Waals surface area contributed by atoms with Crippen molar-refractivity contribution in [2.45, 2.75) is 6.42 Å². The van der Waals surface area contributed by atoms with Crippen LogP contribution in [0, 0.1) is 0 Å². The third-order valence-corrected chi connectivity index (χ3v) is 4.43. The molecule has 0 radical (unpaired) electrons. The van der Waals surface area contributed by atoms with Crippen molar-refractivity contribution in [1.29, 1.82) is 0 Å². The Morgan fingerprint density at radius 1 is 1.23 bits per heavy atom. The third kappa shape index (κ3) is 2.43. The third-order valence-electron chi connectivity index (χ3n) is 4.43. The minimum absolute atomic E-state index is 0.0109. The smallest absolute Gasteiger partial charge is 0.287 e. The lowest BCUT2D eigenvalue weighted by molar-refractivity contribution is 0.0988. The molecule has 1 amide bonds. The van der Waals surface area contributed by atoms with Crippen LogP contribution in [0.25, 0.3) is 17.1 Å². The van der Waals surface area contributed by atoms with Gasteiger partial charge < -0.3 is 20.9 Å². The van der Waals surface area contributed by atoms with Crippen LogP contribution in [0.4, 0.5) is 5.69 Å². The van der Waals surface area contributed by atoms with Gasteiger partial charge in [-0.2, -0.15) is 0 Å². The van der Waals surface area contributed by atoms with E-state index < -0.39 is 5.91 Å². The van der Waals surface area contributed by atoms with Gasteiger partial charge in [-0.15, -0.1) is 10.2 Å². The van der Waals surface area contributed by atoms with E-state index in [9.17, 15) is 9.90 Å². The van der Waals surface area contributed by atoms with Gasteiger partial charge in [-0.1, -0.05) is 0 Å². The molecule has 2 heterocycles. The van der Waals surface area contributed by atoms with E-state index in [1.807, 2.05) is 6.07 Å². The van der Waals surface area contributed by atoms with Crippen LogP contribution in [-0.2, 0) is 6.42 Å². The van der Waals surface area contributed by atoms with Crippen LogP contribution in [-0.4, -0.2) is 39.4 Å². The Hall–Kier alpha value is -3.55. The van der Waals surface area contributed by atoms with Gasteiger partial charge in [0.15, 0.2) is 5.82 Å². The number of nitrogens with one attached hydrogen (secondary N) is 1. The number of rotatable bonds is 4. The fraction of sp³-hybridized carbons (Fsp3) is 0.167. The molecule has 0 spiro atoms. The van der Waals surface area contributed by atoms with Crippen LogP contribution in [0.1, 0.15) is 16.2 Å². The Balaban J connectivity index is 1.91. The van der Waals surface area contributed by atoms with Gasteiger partial charge in [0.2, 0.25) is 5.82 Å². The summed E-state index contributed by atoms with van der Waals surface area (Å²) in [4.78, 5) is 11.8. The summed E-state index contributed by atoms with van der Waals surface area (Å²) in [5, 5.41) is 22.0. The van der Waals surface area contributed by atoms with Crippen molar-refractivity contribution in [3.8, 4) is 28.6 Å². The average Bonchev–Trinajstić information content (AvgIpc) is 3.29. The summed E-state index contributed by atoms with van der Waals surface area (Å²) in [6.07, 6.45) is 0.717. The van der Waals surface area contributed by atoms with Gasteiger partial charge in [-0.3, -0.25) is 9.36 Å². The van der Waals surface area contributed by atoms with Gasteiger partial charge >= 0.3 is 0 Å². The van der Waals surface area contributed by atoms with E-state index in [4.69, 9.17) is 10.5 Å². The molecule has 8 nitrogen and oxygen atoms in total. The number of anilines is 1. The van der Waals surface area contributed by atoms with E-state index in [0.29, 0.717) is 29.2 Å². The van der Waals surface area contributed by atoms with Crippen LogP contribution < -0.4 is 15.8 Å². The number of ether oxygens (including phenoxy) is 1. The lowest BCUT2D eigenvalue weighted by Crippen LogP contribution is -2.17. The molecule has 0 aliphatic carbocycles. The summed E-state index contributed by atoms with van der Waals surface area (Å²) >= 11 is 0. The number of nitrogens with zero attached hydrogens (tertiary/aromatic N) is 3. The van der Waals surface area contributed by atoms with Crippen LogP contribution >= 0.6 is 0 Å². The van der Waals surface area contributed by atoms with E-state index in [1.165, 1.54) is 4.57 Å². The first-order valence-electron chi connectivity index (χ1n) is 8.09. The molecule has 0 unspecified atom stereocenters. The molecule has 4 N–H and O–H groups in total. The van der Waals surface area contributed by atoms with Gasteiger partial charge in [0.1, 0.15) is 11.5 Å². The highest BCUT2D eigenvalue weighted by Gasteiger charge is 2.24. The van der Waals surface area contributed by atoms with Gasteiger partial charge in [0.05, 0.1) is 12.7 Å². The fourth-order valence-electron chi connectivity index (χ4n) is 3.15. The summed E-state index contributed by atoms with van der Waals surface area (Å²) in [7, 11) is 1.57. The quantitative estimate of drug-likeness (QED) is 0.659. The van der Waals surface area contributed by atoms with Crippen molar-refractivity contribution >= 4 is 11.6 Å². The van der Waals surface area contributed by atoms with Crippen molar-refractivity contribution in [2.24, 2.45) is 5.73 Å². The van der Waals surface area contributed by atoms with E-state index in [0.717, 1.165) is 17.8 Å². The number of carbonyl (C=O) groups is 1. The fourth-order valence-corrected chi connectivity index (χ4v) is 3.15. The zero-order chi connectivity index (χ0) is 18.3. The highest BCUT2D eigenvalue weighted by atomic mass is 16.5. The number of methoxy groups -OCH3 is 1. The maximum atomic E-state index is 11.8. The van der Waals surface area contributed by atoms with E-state index in [-0.39, 0.29) is 11.6 Å². The first kappa shape index (κ1) is 15.9. The highest BCUT2D eigenvalue weighted by molar-refractivity contribution is 5.91. The summed E-state index contributed by atoms with van der Waals surface area (Å²) in [6, 6.07) is 10.7. The van der Waals surface area contributed by atoms with Crippen LogP contribution in [0.15, 0.2) is 36.4 Å². The van der Waals surface area contributed by atoms with E-state index in [2.05, 4.69) is 15.5 Å². The predicted octanol–water partition coefficient (Wildman–Crippen LogP) is 1.72. The second-order valence-corrected chi connectivity index (χ2v) is 5.91. The lowest BCUT2D eigenvalue weighted by Gasteiger charge is -2.12. The van der Waals surface area contributed by atoms with Gasteiger partial charge in [-0.25, -0.2) is 0 Å². The van der Waals surface area contributed by atoms with Crippen LogP contribution in [0.2, 0.25) is 0 Å². The molecule has 2 aromatic carbocycles. The second-order valence-electron chi connectivity index (χ2n) is 5.91. The highest BCUT2D eigenvalue weighted by Crippen LogP contribution is 2.39. The Kier molecular flexibility index (Phi) is 3.72.